The van der Waals surface area contributed by atoms with Crippen LogP contribution in [0.5, 0.6) is 5.75 Å². The van der Waals surface area contributed by atoms with Gasteiger partial charge >= 0.3 is 0 Å². The van der Waals surface area contributed by atoms with Crippen molar-refractivity contribution in [1.82, 2.24) is 14.8 Å². The standard InChI is InChI=1S/C28H37N5O6/c1-31(2)9-7-8-17-22(34)19-14(27(30-17)33(5)6)10-13-11-15-21(32(3)4)24(36)20(26(29)38)16-12-39-28(15,16)25(37)18(13)23(19)35/h13,15,18,21,34H,7-12H2,1-6H3,(H2,29,38). The van der Waals surface area contributed by atoms with Crippen LogP contribution in [0.1, 0.15) is 34.5 Å². The van der Waals surface area contributed by atoms with E-state index < -0.39 is 52.7 Å². The molecule has 3 N–H and O–H groups in total. The number of ether oxygens (including phenoxy) is 1. The van der Waals surface area contributed by atoms with Crippen molar-refractivity contribution in [3.8, 4) is 5.75 Å². The third-order valence-corrected chi connectivity index (χ3v) is 8.85. The Kier molecular flexibility index (Phi) is 6.68. The van der Waals surface area contributed by atoms with Gasteiger partial charge in [0.15, 0.2) is 23.0 Å². The van der Waals surface area contributed by atoms with Gasteiger partial charge in [0.25, 0.3) is 5.91 Å². The zero-order valence-corrected chi connectivity index (χ0v) is 23.4. The Labute approximate surface area is 228 Å². The summed E-state index contributed by atoms with van der Waals surface area (Å²) in [4.78, 5) is 64.6. The van der Waals surface area contributed by atoms with E-state index in [2.05, 4.69) is 0 Å². The fourth-order valence-electron chi connectivity index (χ4n) is 7.22. The molecule has 2 heterocycles. The van der Waals surface area contributed by atoms with Gasteiger partial charge in [-0.2, -0.15) is 0 Å². The monoisotopic (exact) mass is 539 g/mol. The summed E-state index contributed by atoms with van der Waals surface area (Å²) in [6.45, 7) is 0.738. The zero-order valence-electron chi connectivity index (χ0n) is 23.4. The number of anilines is 1. The summed E-state index contributed by atoms with van der Waals surface area (Å²) in [6, 6.07) is -0.795. The molecule has 5 rings (SSSR count). The highest BCUT2D eigenvalue weighted by molar-refractivity contribution is 6.26. The Bertz CT molecular complexity index is 1320. The number of carbonyl (C=O) groups excluding carboxylic acids is 4. The molecule has 4 aliphatic rings. The van der Waals surface area contributed by atoms with Crippen molar-refractivity contribution < 1.29 is 29.0 Å². The minimum absolute atomic E-state index is 0.0511. The average Bonchev–Trinajstić information content (AvgIpc) is 2.81. The van der Waals surface area contributed by atoms with E-state index in [0.717, 1.165) is 13.0 Å². The van der Waals surface area contributed by atoms with Crippen LogP contribution in [0.2, 0.25) is 0 Å². The zero-order chi connectivity index (χ0) is 28.5. The molecule has 5 atom stereocenters. The molecule has 39 heavy (non-hydrogen) atoms. The molecule has 1 aromatic rings. The van der Waals surface area contributed by atoms with Gasteiger partial charge in [0.1, 0.15) is 11.6 Å². The van der Waals surface area contributed by atoms with Crippen molar-refractivity contribution in [3.05, 3.63) is 28.0 Å². The molecule has 0 aromatic carbocycles. The number of fused-ring (bicyclic) bond motifs is 2. The van der Waals surface area contributed by atoms with Crippen molar-refractivity contribution in [2.45, 2.75) is 37.3 Å². The maximum atomic E-state index is 14.3. The molecular weight excluding hydrogens is 502 g/mol. The molecule has 11 heteroatoms. The van der Waals surface area contributed by atoms with E-state index in [1.807, 2.05) is 38.0 Å². The first kappa shape index (κ1) is 27.4. The van der Waals surface area contributed by atoms with Crippen LogP contribution in [-0.4, -0.2) is 110 Å². The second-order valence-electron chi connectivity index (χ2n) is 11.9. The van der Waals surface area contributed by atoms with Gasteiger partial charge in [-0.05, 0) is 66.3 Å². The van der Waals surface area contributed by atoms with Gasteiger partial charge < -0.3 is 25.4 Å². The molecule has 1 saturated heterocycles. The van der Waals surface area contributed by atoms with Crippen LogP contribution >= 0.6 is 0 Å². The molecule has 5 unspecified atom stereocenters. The van der Waals surface area contributed by atoms with Crippen LogP contribution in [-0.2, 0) is 32.0 Å². The van der Waals surface area contributed by atoms with Crippen LogP contribution in [0.25, 0.3) is 0 Å². The highest BCUT2D eigenvalue weighted by atomic mass is 16.5. The number of aromatic nitrogens is 1. The Morgan fingerprint density at radius 3 is 2.36 bits per heavy atom. The summed E-state index contributed by atoms with van der Waals surface area (Å²) in [7, 11) is 11.1. The number of nitrogens with two attached hydrogens (primary N) is 1. The quantitative estimate of drug-likeness (QED) is 0.358. The predicted octanol–water partition coefficient (Wildman–Crippen LogP) is -0.0286. The minimum atomic E-state index is -1.54. The Balaban J connectivity index is 1.63. The topological polar surface area (TPSA) is 146 Å². The first-order valence-electron chi connectivity index (χ1n) is 13.4. The van der Waals surface area contributed by atoms with E-state index in [1.165, 1.54) is 0 Å². The molecule has 1 aromatic heterocycles. The first-order valence-corrected chi connectivity index (χ1v) is 13.4. The lowest BCUT2D eigenvalue weighted by Crippen LogP contribution is -2.73. The molecule has 1 aliphatic heterocycles. The van der Waals surface area contributed by atoms with Gasteiger partial charge in [0.2, 0.25) is 0 Å². The summed E-state index contributed by atoms with van der Waals surface area (Å²) in [5, 5.41) is 11.3. The third kappa shape index (κ3) is 3.85. The highest BCUT2D eigenvalue weighted by Gasteiger charge is 2.70. The van der Waals surface area contributed by atoms with Crippen molar-refractivity contribution in [2.24, 2.45) is 23.5 Å². The Hall–Kier alpha value is -3.15. The molecule has 1 saturated carbocycles. The Morgan fingerprint density at radius 2 is 1.82 bits per heavy atom. The van der Waals surface area contributed by atoms with Gasteiger partial charge in [-0.15, -0.1) is 0 Å². The second kappa shape index (κ2) is 9.50. The minimum Gasteiger partial charge on any atom is -0.505 e. The number of nitrogens with zero attached hydrogens (tertiary/aromatic N) is 4. The number of hydrogen-bond acceptors (Lipinski definition) is 10. The van der Waals surface area contributed by atoms with Gasteiger partial charge in [-0.25, -0.2) is 4.98 Å². The average molecular weight is 540 g/mol. The summed E-state index contributed by atoms with van der Waals surface area (Å²) < 4.78 is 5.99. The number of pyridine rings is 1. The molecule has 0 bridgehead atoms. The number of hydrogen-bond donors (Lipinski definition) is 2. The van der Waals surface area contributed by atoms with Gasteiger partial charge in [0, 0.05) is 31.1 Å². The SMILES string of the molecule is CN(C)CCCc1nc(N(C)C)c2c(c1O)C(=O)C1C(=O)C34OCC3=C(C(N)=O)C(=O)C(N(C)C)C4CC1C2. The van der Waals surface area contributed by atoms with Crippen molar-refractivity contribution in [2.75, 3.05) is 60.3 Å². The number of aromatic hydroxyl groups is 1. The maximum absolute atomic E-state index is 14.3. The number of amides is 1. The summed E-state index contributed by atoms with van der Waals surface area (Å²) in [6.07, 6.45) is 1.93. The van der Waals surface area contributed by atoms with Crippen molar-refractivity contribution in [1.29, 1.82) is 0 Å². The van der Waals surface area contributed by atoms with E-state index in [9.17, 15) is 24.3 Å². The van der Waals surface area contributed by atoms with E-state index in [-0.39, 0.29) is 23.5 Å². The Morgan fingerprint density at radius 1 is 1.13 bits per heavy atom. The number of carbonyl (C=O) groups is 4. The summed E-state index contributed by atoms with van der Waals surface area (Å²) in [5.41, 5.74) is 5.38. The number of rotatable bonds is 7. The van der Waals surface area contributed by atoms with Crippen molar-refractivity contribution in [3.63, 3.8) is 0 Å². The molecule has 11 nitrogen and oxygen atoms in total. The molecule has 2 fully saturated rings. The van der Waals surface area contributed by atoms with Crippen molar-refractivity contribution >= 4 is 29.1 Å². The van der Waals surface area contributed by atoms with E-state index in [4.69, 9.17) is 15.5 Å². The van der Waals surface area contributed by atoms with E-state index >= 15 is 0 Å². The largest absolute Gasteiger partial charge is 0.505 e. The lowest BCUT2D eigenvalue weighted by atomic mass is 9.51. The molecule has 1 spiro atoms. The third-order valence-electron chi connectivity index (χ3n) is 8.85. The number of aryl methyl sites for hydroxylation is 1. The smallest absolute Gasteiger partial charge is 0.252 e. The molecular formula is C28H37N5O6. The lowest BCUT2D eigenvalue weighted by Gasteiger charge is -2.59. The number of likely N-dealkylation sites (N-methyl/N-ethyl adjacent to an activating group) is 1. The normalized spacial score (nSPS) is 29.6. The lowest BCUT2D eigenvalue weighted by molar-refractivity contribution is -0.189. The molecule has 1 amide bonds. The van der Waals surface area contributed by atoms with Crippen LogP contribution in [0, 0.1) is 17.8 Å². The van der Waals surface area contributed by atoms with Crippen LogP contribution in [0.15, 0.2) is 11.1 Å². The summed E-state index contributed by atoms with van der Waals surface area (Å²) in [5.74, 6) is -3.79. The van der Waals surface area contributed by atoms with Crippen LogP contribution in [0.4, 0.5) is 5.82 Å². The fourth-order valence-corrected chi connectivity index (χ4v) is 7.22. The molecule has 3 aliphatic carbocycles. The second-order valence-corrected chi connectivity index (χ2v) is 11.9. The highest BCUT2D eigenvalue weighted by Crippen LogP contribution is 2.58. The number of Topliss-reactive ketones (excluding diaryl/α,β-unsaturated/α-hetero) is 3. The summed E-state index contributed by atoms with van der Waals surface area (Å²) >= 11 is 0. The van der Waals surface area contributed by atoms with Gasteiger partial charge in [-0.3, -0.25) is 24.1 Å². The number of ketones is 3. The predicted molar refractivity (Wildman–Crippen MR) is 143 cm³/mol. The van der Waals surface area contributed by atoms with Gasteiger partial charge in [0.05, 0.1) is 35.4 Å². The molecule has 210 valence electrons. The molecule has 0 radical (unpaired) electrons. The first-order chi connectivity index (χ1) is 18.3. The van der Waals surface area contributed by atoms with E-state index in [0.29, 0.717) is 41.9 Å². The van der Waals surface area contributed by atoms with Gasteiger partial charge in [-0.1, -0.05) is 0 Å². The van der Waals surface area contributed by atoms with E-state index in [1.54, 1.807) is 19.0 Å². The fraction of sp³-hybridized carbons (Fsp3) is 0.607. The van der Waals surface area contributed by atoms with Crippen LogP contribution in [0.3, 0.4) is 0 Å². The number of primary amides is 1. The maximum Gasteiger partial charge on any atom is 0.252 e. The van der Waals surface area contributed by atoms with Crippen LogP contribution < -0.4 is 10.6 Å².